The van der Waals surface area contributed by atoms with Crippen LogP contribution in [0.5, 0.6) is 0 Å². The summed E-state index contributed by atoms with van der Waals surface area (Å²) in [6, 6.07) is 1.59. The quantitative estimate of drug-likeness (QED) is 0.730. The number of ether oxygens (including phenoxy) is 1. The number of carbonyl (C=O) groups is 1. The molecule has 0 atom stereocenters. The number of thiocarbonyl (C=S) groups is 1. The molecule has 0 saturated carbocycles. The third-order valence-electron chi connectivity index (χ3n) is 2.30. The summed E-state index contributed by atoms with van der Waals surface area (Å²) in [5, 5.41) is 3.09. The van der Waals surface area contributed by atoms with Crippen LogP contribution in [-0.4, -0.2) is 42.2 Å². The lowest BCUT2D eigenvalue weighted by atomic mass is 10.3. The van der Waals surface area contributed by atoms with Crippen LogP contribution in [0.15, 0.2) is 23.0 Å². The summed E-state index contributed by atoms with van der Waals surface area (Å²) < 4.78 is 10.0. The average Bonchev–Trinajstić information content (AvgIpc) is 2.83. The Balaban J connectivity index is 1.89. The molecule has 16 heavy (non-hydrogen) atoms. The molecule has 1 fully saturated rings. The van der Waals surface area contributed by atoms with Crippen LogP contribution in [0.4, 0.5) is 0 Å². The summed E-state index contributed by atoms with van der Waals surface area (Å²) in [6.45, 7) is 2.71. The Labute approximate surface area is 98.4 Å². The summed E-state index contributed by atoms with van der Waals surface area (Å²) in [4.78, 5) is 13.6. The number of hydrogen-bond acceptors (Lipinski definition) is 4. The predicted octanol–water partition coefficient (Wildman–Crippen LogP) is 0.627. The fourth-order valence-electron chi connectivity index (χ4n) is 1.41. The fraction of sp³-hybridized carbons (Fsp3) is 0.400. The average molecular weight is 240 g/mol. The maximum absolute atomic E-state index is 11.6. The van der Waals surface area contributed by atoms with E-state index in [1.54, 1.807) is 6.07 Å². The third kappa shape index (κ3) is 2.59. The lowest BCUT2D eigenvalue weighted by Crippen LogP contribution is -2.47. The highest BCUT2D eigenvalue weighted by atomic mass is 32.1. The lowest BCUT2D eigenvalue weighted by Gasteiger charge is -2.28. The highest BCUT2D eigenvalue weighted by Crippen LogP contribution is 2.01. The van der Waals surface area contributed by atoms with Gasteiger partial charge in [0.25, 0.3) is 5.91 Å². The zero-order valence-electron chi connectivity index (χ0n) is 8.64. The van der Waals surface area contributed by atoms with Crippen LogP contribution in [0.25, 0.3) is 0 Å². The van der Waals surface area contributed by atoms with Crippen LogP contribution in [0.3, 0.4) is 0 Å². The predicted molar refractivity (Wildman–Crippen MR) is 61.2 cm³/mol. The molecule has 1 aliphatic heterocycles. The van der Waals surface area contributed by atoms with Gasteiger partial charge in [0.2, 0.25) is 0 Å². The maximum atomic E-state index is 11.6. The number of nitrogens with zero attached hydrogens (tertiary/aromatic N) is 1. The van der Waals surface area contributed by atoms with Crippen LogP contribution >= 0.6 is 12.2 Å². The largest absolute Gasteiger partial charge is 0.472 e. The molecule has 1 aromatic heterocycles. The van der Waals surface area contributed by atoms with Gasteiger partial charge in [0, 0.05) is 13.1 Å². The van der Waals surface area contributed by atoms with Gasteiger partial charge in [-0.15, -0.1) is 0 Å². The molecule has 2 heterocycles. The Morgan fingerprint density at radius 2 is 2.19 bits per heavy atom. The van der Waals surface area contributed by atoms with Crippen molar-refractivity contribution in [3.63, 3.8) is 0 Å². The van der Waals surface area contributed by atoms with Gasteiger partial charge >= 0.3 is 0 Å². The second-order valence-corrected chi connectivity index (χ2v) is 3.76. The summed E-state index contributed by atoms with van der Waals surface area (Å²) in [5.41, 5.74) is 0.468. The second kappa shape index (κ2) is 5.09. The minimum Gasteiger partial charge on any atom is -0.472 e. The van der Waals surface area contributed by atoms with Crippen LogP contribution in [-0.2, 0) is 4.74 Å². The zero-order valence-corrected chi connectivity index (χ0v) is 9.46. The normalized spacial score (nSPS) is 15.9. The minimum absolute atomic E-state index is 0.245. The molecule has 5 nitrogen and oxygen atoms in total. The van der Waals surface area contributed by atoms with Crippen molar-refractivity contribution < 1.29 is 13.9 Å². The van der Waals surface area contributed by atoms with Gasteiger partial charge in [-0.2, -0.15) is 0 Å². The number of morpholine rings is 1. The molecule has 0 aromatic carbocycles. The van der Waals surface area contributed by atoms with Crippen molar-refractivity contribution in [2.45, 2.75) is 0 Å². The molecule has 0 aliphatic carbocycles. The molecule has 1 saturated heterocycles. The first-order chi connectivity index (χ1) is 7.77. The van der Waals surface area contributed by atoms with E-state index in [0.717, 1.165) is 0 Å². The van der Waals surface area contributed by atoms with Gasteiger partial charge in [0.05, 0.1) is 25.0 Å². The van der Waals surface area contributed by atoms with Crippen molar-refractivity contribution in [2.24, 2.45) is 0 Å². The monoisotopic (exact) mass is 240 g/mol. The van der Waals surface area contributed by atoms with Crippen LogP contribution in [0.2, 0.25) is 0 Å². The van der Waals surface area contributed by atoms with Crippen LogP contribution in [0.1, 0.15) is 10.4 Å². The lowest BCUT2D eigenvalue weighted by molar-refractivity contribution is 0.0669. The molecule has 0 bridgehead atoms. The Hall–Kier alpha value is -1.40. The van der Waals surface area contributed by atoms with Gasteiger partial charge < -0.3 is 14.1 Å². The highest BCUT2D eigenvalue weighted by molar-refractivity contribution is 7.80. The Morgan fingerprint density at radius 1 is 1.44 bits per heavy atom. The standard InChI is InChI=1S/C10H12N2O3S/c13-9(8-1-4-15-7-8)11-10(16)12-2-5-14-6-3-12/h1,4,7H,2-3,5-6H2,(H,11,13,16). The summed E-state index contributed by atoms with van der Waals surface area (Å²) >= 11 is 5.13. The van der Waals surface area contributed by atoms with E-state index in [2.05, 4.69) is 5.32 Å². The first-order valence-electron chi connectivity index (χ1n) is 4.97. The molecule has 0 spiro atoms. The molecule has 86 valence electrons. The maximum Gasteiger partial charge on any atom is 0.260 e. The molecule has 2 rings (SSSR count). The molecule has 1 aromatic rings. The first-order valence-corrected chi connectivity index (χ1v) is 5.38. The summed E-state index contributed by atoms with van der Waals surface area (Å²) in [7, 11) is 0. The topological polar surface area (TPSA) is 54.7 Å². The fourth-order valence-corrected chi connectivity index (χ4v) is 1.68. The molecule has 1 amide bonds. The van der Waals surface area contributed by atoms with Crippen LogP contribution in [0, 0.1) is 0 Å². The number of carbonyl (C=O) groups excluding carboxylic acids is 1. The van der Waals surface area contributed by atoms with Gasteiger partial charge in [-0.25, -0.2) is 0 Å². The molecule has 1 aliphatic rings. The molecule has 0 unspecified atom stereocenters. The van der Waals surface area contributed by atoms with E-state index in [4.69, 9.17) is 21.4 Å². The number of nitrogens with one attached hydrogen (secondary N) is 1. The Bertz CT molecular complexity index is 371. The van der Waals surface area contributed by atoms with E-state index in [1.165, 1.54) is 12.5 Å². The molecular formula is C10H12N2O3S. The first kappa shape index (κ1) is 11.1. The van der Waals surface area contributed by atoms with E-state index in [0.29, 0.717) is 37.0 Å². The number of rotatable bonds is 1. The second-order valence-electron chi connectivity index (χ2n) is 3.37. The summed E-state index contributed by atoms with van der Waals surface area (Å²) in [5.74, 6) is -0.245. The van der Waals surface area contributed by atoms with Gasteiger partial charge in [-0.05, 0) is 18.3 Å². The third-order valence-corrected chi connectivity index (χ3v) is 2.66. The number of furan rings is 1. The van der Waals surface area contributed by atoms with Gasteiger partial charge in [0.1, 0.15) is 6.26 Å². The zero-order chi connectivity index (χ0) is 11.4. The van der Waals surface area contributed by atoms with Crippen LogP contribution < -0.4 is 5.32 Å². The number of amides is 1. The van der Waals surface area contributed by atoms with Gasteiger partial charge in [0.15, 0.2) is 5.11 Å². The van der Waals surface area contributed by atoms with E-state index in [1.807, 2.05) is 4.90 Å². The minimum atomic E-state index is -0.245. The molecule has 0 radical (unpaired) electrons. The SMILES string of the molecule is O=C(NC(=S)N1CCOCC1)c1ccoc1. The molecule has 1 N–H and O–H groups in total. The van der Waals surface area contributed by atoms with Gasteiger partial charge in [-0.3, -0.25) is 10.1 Å². The van der Waals surface area contributed by atoms with E-state index < -0.39 is 0 Å². The number of hydrogen-bond donors (Lipinski definition) is 1. The van der Waals surface area contributed by atoms with Crippen molar-refractivity contribution in [2.75, 3.05) is 26.3 Å². The van der Waals surface area contributed by atoms with Crippen molar-refractivity contribution in [3.8, 4) is 0 Å². The molecule has 6 heteroatoms. The van der Waals surface area contributed by atoms with Crippen molar-refractivity contribution in [1.29, 1.82) is 0 Å². The van der Waals surface area contributed by atoms with Crippen molar-refractivity contribution >= 4 is 23.2 Å². The Morgan fingerprint density at radius 3 is 2.81 bits per heavy atom. The highest BCUT2D eigenvalue weighted by Gasteiger charge is 2.16. The van der Waals surface area contributed by atoms with Crippen molar-refractivity contribution in [3.05, 3.63) is 24.2 Å². The molecular weight excluding hydrogens is 228 g/mol. The smallest absolute Gasteiger partial charge is 0.260 e. The van der Waals surface area contributed by atoms with E-state index in [9.17, 15) is 4.79 Å². The van der Waals surface area contributed by atoms with Gasteiger partial charge in [-0.1, -0.05) is 0 Å². The summed E-state index contributed by atoms with van der Waals surface area (Å²) in [6.07, 6.45) is 2.84. The van der Waals surface area contributed by atoms with Crippen molar-refractivity contribution in [1.82, 2.24) is 10.2 Å². The van der Waals surface area contributed by atoms with E-state index in [-0.39, 0.29) is 5.91 Å². The van der Waals surface area contributed by atoms with E-state index >= 15 is 0 Å². The Kier molecular flexibility index (Phi) is 3.53.